The molecule has 24 heavy (non-hydrogen) atoms. The highest BCUT2D eigenvalue weighted by Crippen LogP contribution is 2.53. The van der Waals surface area contributed by atoms with E-state index in [-0.39, 0.29) is 11.5 Å². The molecule has 1 aromatic carbocycles. The third kappa shape index (κ3) is 2.92. The number of hydrogen-bond acceptors (Lipinski definition) is 3. The summed E-state index contributed by atoms with van der Waals surface area (Å²) in [4.78, 5) is 4.61. The average molecular weight is 387 g/mol. The van der Waals surface area contributed by atoms with Crippen molar-refractivity contribution in [1.82, 2.24) is 10.3 Å². The van der Waals surface area contributed by atoms with Crippen LogP contribution in [0.5, 0.6) is 0 Å². The van der Waals surface area contributed by atoms with Gasteiger partial charge in [0.15, 0.2) is 0 Å². The molecule has 0 amide bonds. The molecule has 4 rings (SSSR count). The number of hydrogen-bond donors (Lipinski definition) is 1. The van der Waals surface area contributed by atoms with Crippen LogP contribution in [0, 0.1) is 5.41 Å². The van der Waals surface area contributed by atoms with Crippen molar-refractivity contribution < 1.29 is 4.74 Å². The summed E-state index contributed by atoms with van der Waals surface area (Å²) in [7, 11) is 1.86. The Morgan fingerprint density at radius 1 is 1.25 bits per heavy atom. The van der Waals surface area contributed by atoms with E-state index in [1.54, 1.807) is 0 Å². The zero-order valence-electron chi connectivity index (χ0n) is 14.0. The predicted octanol–water partition coefficient (Wildman–Crippen LogP) is 4.07. The fraction of sp³-hybridized carbons (Fsp3) is 0.450. The Balaban J connectivity index is 1.56. The van der Waals surface area contributed by atoms with Crippen molar-refractivity contribution in [2.24, 2.45) is 5.41 Å². The Morgan fingerprint density at radius 3 is 2.96 bits per heavy atom. The zero-order chi connectivity index (χ0) is 16.6. The number of nitrogens with one attached hydrogen (secondary N) is 1. The maximum absolute atomic E-state index is 6.00. The maximum atomic E-state index is 6.00. The van der Waals surface area contributed by atoms with E-state index in [2.05, 4.69) is 62.6 Å². The van der Waals surface area contributed by atoms with Gasteiger partial charge in [-0.05, 0) is 65.0 Å². The van der Waals surface area contributed by atoms with Crippen LogP contribution in [-0.4, -0.2) is 24.7 Å². The van der Waals surface area contributed by atoms with E-state index in [0.29, 0.717) is 6.04 Å². The Morgan fingerprint density at radius 2 is 2.12 bits per heavy atom. The van der Waals surface area contributed by atoms with Gasteiger partial charge in [-0.3, -0.25) is 0 Å². The molecule has 4 heteroatoms. The molecule has 1 N–H and O–H groups in total. The highest BCUT2D eigenvalue weighted by atomic mass is 79.9. The van der Waals surface area contributed by atoms with Crippen LogP contribution >= 0.6 is 15.9 Å². The summed E-state index contributed by atoms with van der Waals surface area (Å²) in [6.07, 6.45) is 4.62. The van der Waals surface area contributed by atoms with Gasteiger partial charge >= 0.3 is 0 Å². The molecule has 2 aromatic rings. The number of halogens is 1. The van der Waals surface area contributed by atoms with Gasteiger partial charge in [-0.15, -0.1) is 0 Å². The van der Waals surface area contributed by atoms with Gasteiger partial charge in [-0.2, -0.15) is 0 Å². The minimum Gasteiger partial charge on any atom is -0.376 e. The molecule has 2 heterocycles. The lowest BCUT2D eigenvalue weighted by Crippen LogP contribution is -2.47. The van der Waals surface area contributed by atoms with Gasteiger partial charge in [0.1, 0.15) is 4.60 Å². The zero-order valence-corrected chi connectivity index (χ0v) is 15.6. The number of aromatic nitrogens is 1. The van der Waals surface area contributed by atoms with Gasteiger partial charge in [-0.25, -0.2) is 4.98 Å². The Labute approximate surface area is 152 Å². The molecule has 0 saturated carbocycles. The van der Waals surface area contributed by atoms with E-state index < -0.39 is 0 Å². The van der Waals surface area contributed by atoms with Crippen LogP contribution in [0.25, 0.3) is 0 Å². The molecule has 1 unspecified atom stereocenters. The summed E-state index contributed by atoms with van der Waals surface area (Å²) in [5, 5.41) is 3.70. The minimum atomic E-state index is 0.216. The molecule has 126 valence electrons. The topological polar surface area (TPSA) is 34.1 Å². The first-order valence-corrected chi connectivity index (χ1v) is 9.45. The normalized spacial score (nSPS) is 28.9. The van der Waals surface area contributed by atoms with Crippen LogP contribution in [0.1, 0.15) is 35.8 Å². The molecule has 3 atom stereocenters. The van der Waals surface area contributed by atoms with Crippen LogP contribution in [0.15, 0.2) is 47.1 Å². The number of piperidine rings is 1. The molecule has 1 aliphatic heterocycles. The molecule has 3 nitrogen and oxygen atoms in total. The van der Waals surface area contributed by atoms with Gasteiger partial charge in [0.05, 0.1) is 6.10 Å². The van der Waals surface area contributed by atoms with Crippen molar-refractivity contribution in [3.05, 3.63) is 63.9 Å². The molecule has 0 bridgehead atoms. The van der Waals surface area contributed by atoms with Gasteiger partial charge in [0.2, 0.25) is 0 Å². The number of ether oxygens (including phenoxy) is 1. The summed E-state index contributed by atoms with van der Waals surface area (Å²) in [5.41, 5.74) is 4.22. The quantitative estimate of drug-likeness (QED) is 0.807. The van der Waals surface area contributed by atoms with Gasteiger partial charge < -0.3 is 10.1 Å². The molecule has 1 spiro atoms. The summed E-state index contributed by atoms with van der Waals surface area (Å²) >= 11 is 3.48. The van der Waals surface area contributed by atoms with E-state index in [4.69, 9.17) is 4.74 Å². The van der Waals surface area contributed by atoms with Crippen LogP contribution in [0.2, 0.25) is 0 Å². The van der Waals surface area contributed by atoms with Crippen LogP contribution in [-0.2, 0) is 17.6 Å². The summed E-state index contributed by atoms with van der Waals surface area (Å²) in [5.74, 6) is 0. The molecule has 1 fully saturated rings. The third-order valence-electron chi connectivity index (χ3n) is 5.61. The second-order valence-corrected chi connectivity index (χ2v) is 7.93. The molecule has 1 aliphatic carbocycles. The van der Waals surface area contributed by atoms with E-state index in [9.17, 15) is 0 Å². The van der Waals surface area contributed by atoms with Crippen molar-refractivity contribution in [2.45, 2.75) is 37.8 Å². The van der Waals surface area contributed by atoms with Crippen molar-refractivity contribution >= 4 is 15.9 Å². The molecular weight excluding hydrogens is 364 g/mol. The second kappa shape index (κ2) is 6.58. The first-order valence-electron chi connectivity index (χ1n) is 8.66. The van der Waals surface area contributed by atoms with Crippen LogP contribution < -0.4 is 5.32 Å². The van der Waals surface area contributed by atoms with Crippen molar-refractivity contribution in [2.75, 3.05) is 13.7 Å². The van der Waals surface area contributed by atoms with Crippen LogP contribution in [0.4, 0.5) is 0 Å². The van der Waals surface area contributed by atoms with Crippen molar-refractivity contribution in [3.63, 3.8) is 0 Å². The summed E-state index contributed by atoms with van der Waals surface area (Å²) in [6.45, 7) is 1.05. The molecule has 2 aliphatic rings. The summed E-state index contributed by atoms with van der Waals surface area (Å²) in [6, 6.07) is 15.4. The predicted molar refractivity (Wildman–Crippen MR) is 99.0 cm³/mol. The second-order valence-electron chi connectivity index (χ2n) is 7.11. The van der Waals surface area contributed by atoms with Crippen molar-refractivity contribution in [3.8, 4) is 0 Å². The average Bonchev–Trinajstić information content (AvgIpc) is 2.87. The van der Waals surface area contributed by atoms with Gasteiger partial charge in [0.25, 0.3) is 0 Å². The monoisotopic (exact) mass is 386 g/mol. The van der Waals surface area contributed by atoms with Crippen LogP contribution in [0.3, 0.4) is 0 Å². The lowest BCUT2D eigenvalue weighted by Gasteiger charge is -2.42. The lowest BCUT2D eigenvalue weighted by molar-refractivity contribution is -0.0290. The van der Waals surface area contributed by atoms with Crippen molar-refractivity contribution in [1.29, 1.82) is 0 Å². The van der Waals surface area contributed by atoms with Gasteiger partial charge in [-0.1, -0.05) is 30.3 Å². The molecule has 0 radical (unpaired) electrons. The number of methoxy groups -OCH3 is 1. The van der Waals surface area contributed by atoms with E-state index in [1.807, 2.05) is 13.2 Å². The highest BCUT2D eigenvalue weighted by Gasteiger charge is 2.48. The Hall–Kier alpha value is -1.23. The molecular formula is C20H23BrN2O. The summed E-state index contributed by atoms with van der Waals surface area (Å²) < 4.78 is 6.91. The Kier molecular flexibility index (Phi) is 4.46. The SMILES string of the molecule is CO[C@H]1c2ccccc2CC12CCN[C@H](Cc1cccc(Br)n1)C2. The first-order chi connectivity index (χ1) is 11.7. The fourth-order valence-electron chi connectivity index (χ4n) is 4.68. The van der Waals surface area contributed by atoms with Gasteiger partial charge in [0, 0.05) is 30.7 Å². The number of rotatable bonds is 3. The fourth-order valence-corrected chi connectivity index (χ4v) is 5.06. The number of nitrogens with zero attached hydrogens (tertiary/aromatic N) is 1. The standard InChI is InChI=1S/C20H23BrN2O/c1-24-19-17-7-3-2-5-14(17)12-20(19)9-10-22-16(13-20)11-15-6-4-8-18(21)23-15/h2-8,16,19,22H,9-13H2,1H3/t16-,19+,20?/m1/s1. The lowest BCUT2D eigenvalue weighted by atomic mass is 9.71. The maximum Gasteiger partial charge on any atom is 0.106 e. The molecule has 1 saturated heterocycles. The van der Waals surface area contributed by atoms with E-state index >= 15 is 0 Å². The Bertz CT molecular complexity index is 735. The first kappa shape index (κ1) is 16.2. The number of fused-ring (bicyclic) bond motifs is 1. The highest BCUT2D eigenvalue weighted by molar-refractivity contribution is 9.10. The number of pyridine rings is 1. The molecule has 1 aromatic heterocycles. The largest absolute Gasteiger partial charge is 0.376 e. The van der Waals surface area contributed by atoms with E-state index in [0.717, 1.165) is 36.1 Å². The third-order valence-corrected chi connectivity index (χ3v) is 6.05. The number of benzene rings is 1. The minimum absolute atomic E-state index is 0.216. The smallest absolute Gasteiger partial charge is 0.106 e. The van der Waals surface area contributed by atoms with E-state index in [1.165, 1.54) is 17.5 Å².